The number of nitro benzene ring substituents is 1. The van der Waals surface area contributed by atoms with E-state index in [1.807, 2.05) is 13.8 Å². The third-order valence-corrected chi connectivity index (χ3v) is 4.17. The van der Waals surface area contributed by atoms with E-state index < -0.39 is 4.92 Å². The number of benzene rings is 2. The van der Waals surface area contributed by atoms with Crippen molar-refractivity contribution in [3.63, 3.8) is 0 Å². The molecule has 0 bridgehead atoms. The van der Waals surface area contributed by atoms with Gasteiger partial charge in [-0.1, -0.05) is 34.8 Å². The van der Waals surface area contributed by atoms with Crippen LogP contribution in [0.25, 0.3) is 11.1 Å². The Bertz CT molecular complexity index is 742. The molecule has 0 atom stereocenters. The summed E-state index contributed by atoms with van der Waals surface area (Å²) in [6.45, 7) is 5.67. The summed E-state index contributed by atoms with van der Waals surface area (Å²) in [4.78, 5) is 12.3. The van der Waals surface area contributed by atoms with Crippen LogP contribution in [0.5, 0.6) is 0 Å². The Morgan fingerprint density at radius 2 is 1.58 bits per heavy atom. The van der Waals surface area contributed by atoms with Gasteiger partial charge in [0, 0.05) is 44.0 Å². The number of anilines is 1. The standard InChI is InChI=1S/C14H11Cl3N2O2.C4H10O/c1-18(2)13-5-8(3-4-12(13)19(20)21)14-10(16)6-9(15)7-11(14)17;1-3-5-4-2/h3-7H,1-2H3;3-4H2,1-2H3. The van der Waals surface area contributed by atoms with E-state index in [-0.39, 0.29) is 5.69 Å². The van der Waals surface area contributed by atoms with Crippen LogP contribution in [0.1, 0.15) is 13.8 Å². The maximum absolute atomic E-state index is 11.1. The highest BCUT2D eigenvalue weighted by molar-refractivity contribution is 6.41. The molecule has 2 rings (SSSR count). The second kappa shape index (κ2) is 10.6. The van der Waals surface area contributed by atoms with Gasteiger partial charge in [-0.3, -0.25) is 10.1 Å². The quantitative estimate of drug-likeness (QED) is 0.419. The van der Waals surface area contributed by atoms with Crippen LogP contribution in [0.3, 0.4) is 0 Å². The van der Waals surface area contributed by atoms with E-state index in [0.717, 1.165) is 13.2 Å². The number of hydrogen-bond acceptors (Lipinski definition) is 4. The summed E-state index contributed by atoms with van der Waals surface area (Å²) in [5.41, 5.74) is 1.78. The molecule has 0 radical (unpaired) electrons. The molecular weight excluding hydrogens is 399 g/mol. The zero-order chi connectivity index (χ0) is 19.9. The Balaban J connectivity index is 0.000000597. The fraction of sp³-hybridized carbons (Fsp3) is 0.333. The lowest BCUT2D eigenvalue weighted by atomic mass is 10.0. The fourth-order valence-electron chi connectivity index (χ4n) is 2.21. The molecule has 0 N–H and O–H groups in total. The average Bonchev–Trinajstić information content (AvgIpc) is 2.55. The van der Waals surface area contributed by atoms with E-state index in [1.165, 1.54) is 6.07 Å². The average molecular weight is 420 g/mol. The van der Waals surface area contributed by atoms with E-state index in [0.29, 0.717) is 31.9 Å². The summed E-state index contributed by atoms with van der Waals surface area (Å²) < 4.78 is 4.83. The molecule has 0 aliphatic carbocycles. The SMILES string of the molecule is CCOCC.CN(C)c1cc(-c2c(Cl)cc(Cl)cc2Cl)ccc1[N+](=O)[O-]. The number of rotatable bonds is 5. The Labute approximate surface area is 168 Å². The Hall–Kier alpha value is -1.53. The molecule has 26 heavy (non-hydrogen) atoms. The van der Waals surface area contributed by atoms with Crippen LogP contribution >= 0.6 is 34.8 Å². The van der Waals surface area contributed by atoms with Crippen LogP contribution < -0.4 is 4.90 Å². The van der Waals surface area contributed by atoms with E-state index in [4.69, 9.17) is 39.5 Å². The summed E-state index contributed by atoms with van der Waals surface area (Å²) in [6.07, 6.45) is 0. The Morgan fingerprint density at radius 1 is 1.04 bits per heavy atom. The first kappa shape index (κ1) is 22.5. The van der Waals surface area contributed by atoms with Gasteiger partial charge in [0.2, 0.25) is 0 Å². The van der Waals surface area contributed by atoms with Crippen molar-refractivity contribution in [2.45, 2.75) is 13.8 Å². The molecular formula is C18H21Cl3N2O3. The summed E-state index contributed by atoms with van der Waals surface area (Å²) in [6, 6.07) is 7.90. The minimum Gasteiger partial charge on any atom is -0.382 e. The molecule has 0 amide bonds. The summed E-state index contributed by atoms with van der Waals surface area (Å²) in [5.74, 6) is 0. The van der Waals surface area contributed by atoms with Gasteiger partial charge < -0.3 is 9.64 Å². The number of halogens is 3. The van der Waals surface area contributed by atoms with Gasteiger partial charge in [-0.2, -0.15) is 0 Å². The molecule has 0 fully saturated rings. The van der Waals surface area contributed by atoms with E-state index >= 15 is 0 Å². The first-order valence-corrected chi connectivity index (χ1v) is 9.04. The minimum absolute atomic E-state index is 0.0185. The molecule has 5 nitrogen and oxygen atoms in total. The zero-order valence-corrected chi connectivity index (χ0v) is 17.3. The van der Waals surface area contributed by atoms with E-state index in [1.54, 1.807) is 43.3 Å². The van der Waals surface area contributed by atoms with Gasteiger partial charge in [0.15, 0.2) is 0 Å². The van der Waals surface area contributed by atoms with Gasteiger partial charge in [-0.25, -0.2) is 0 Å². The molecule has 0 unspecified atom stereocenters. The molecule has 2 aromatic rings. The Kier molecular flexibility index (Phi) is 9.16. The van der Waals surface area contributed by atoms with Crippen molar-refractivity contribution in [3.05, 3.63) is 55.5 Å². The molecule has 8 heteroatoms. The summed E-state index contributed by atoms with van der Waals surface area (Å²) >= 11 is 18.3. The molecule has 0 aromatic heterocycles. The van der Waals surface area contributed by atoms with Crippen LogP contribution in [0.15, 0.2) is 30.3 Å². The second-order valence-corrected chi connectivity index (χ2v) is 6.63. The van der Waals surface area contributed by atoms with Gasteiger partial charge >= 0.3 is 0 Å². The maximum Gasteiger partial charge on any atom is 0.292 e. The van der Waals surface area contributed by atoms with Crippen LogP contribution in [-0.2, 0) is 4.74 Å². The van der Waals surface area contributed by atoms with Crippen LogP contribution in [0.4, 0.5) is 11.4 Å². The molecule has 0 aliphatic rings. The molecule has 0 saturated heterocycles. The van der Waals surface area contributed by atoms with Crippen molar-refractivity contribution in [2.75, 3.05) is 32.2 Å². The predicted octanol–water partition coefficient (Wildman–Crippen LogP) is 6.33. The van der Waals surface area contributed by atoms with Crippen LogP contribution in [-0.4, -0.2) is 32.2 Å². The van der Waals surface area contributed by atoms with Crippen molar-refractivity contribution >= 4 is 46.2 Å². The molecule has 0 saturated carbocycles. The monoisotopic (exact) mass is 418 g/mol. The fourth-order valence-corrected chi connectivity index (χ4v) is 3.25. The number of hydrogen-bond donors (Lipinski definition) is 0. The molecule has 0 aliphatic heterocycles. The van der Waals surface area contributed by atoms with E-state index in [9.17, 15) is 10.1 Å². The first-order chi connectivity index (χ1) is 12.2. The topological polar surface area (TPSA) is 55.6 Å². The highest BCUT2D eigenvalue weighted by atomic mass is 35.5. The first-order valence-electron chi connectivity index (χ1n) is 7.91. The lowest BCUT2D eigenvalue weighted by Crippen LogP contribution is -2.11. The number of nitro groups is 1. The van der Waals surface area contributed by atoms with Gasteiger partial charge in [0.05, 0.1) is 15.0 Å². The number of ether oxygens (including phenoxy) is 1. The summed E-state index contributed by atoms with van der Waals surface area (Å²) in [5, 5.41) is 12.3. The molecule has 2 aromatic carbocycles. The third-order valence-electron chi connectivity index (χ3n) is 3.36. The second-order valence-electron chi connectivity index (χ2n) is 5.38. The Morgan fingerprint density at radius 3 is 1.96 bits per heavy atom. The third kappa shape index (κ3) is 6.02. The molecule has 0 spiro atoms. The van der Waals surface area contributed by atoms with Gasteiger partial charge in [-0.05, 0) is 43.7 Å². The highest BCUT2D eigenvalue weighted by Crippen LogP contribution is 2.40. The highest BCUT2D eigenvalue weighted by Gasteiger charge is 2.18. The van der Waals surface area contributed by atoms with Crippen molar-refractivity contribution < 1.29 is 9.66 Å². The van der Waals surface area contributed by atoms with Gasteiger partial charge in [-0.15, -0.1) is 0 Å². The van der Waals surface area contributed by atoms with Crippen LogP contribution in [0.2, 0.25) is 15.1 Å². The normalized spacial score (nSPS) is 10.1. The van der Waals surface area contributed by atoms with Gasteiger partial charge in [0.1, 0.15) is 5.69 Å². The maximum atomic E-state index is 11.1. The zero-order valence-electron chi connectivity index (χ0n) is 15.1. The summed E-state index contributed by atoms with van der Waals surface area (Å²) in [7, 11) is 3.47. The lowest BCUT2D eigenvalue weighted by Gasteiger charge is -2.15. The minimum atomic E-state index is -0.426. The molecule has 0 heterocycles. The number of nitrogens with zero attached hydrogens (tertiary/aromatic N) is 2. The van der Waals surface area contributed by atoms with E-state index in [2.05, 4.69) is 0 Å². The van der Waals surface area contributed by atoms with Crippen molar-refractivity contribution in [2.24, 2.45) is 0 Å². The van der Waals surface area contributed by atoms with Crippen molar-refractivity contribution in [1.29, 1.82) is 0 Å². The van der Waals surface area contributed by atoms with Crippen LogP contribution in [0, 0.1) is 10.1 Å². The predicted molar refractivity (Wildman–Crippen MR) is 110 cm³/mol. The largest absolute Gasteiger partial charge is 0.382 e. The van der Waals surface area contributed by atoms with Gasteiger partial charge in [0.25, 0.3) is 5.69 Å². The van der Waals surface area contributed by atoms with Crippen molar-refractivity contribution in [1.82, 2.24) is 0 Å². The van der Waals surface area contributed by atoms with Crippen molar-refractivity contribution in [3.8, 4) is 11.1 Å². The smallest absolute Gasteiger partial charge is 0.292 e. The lowest BCUT2D eigenvalue weighted by molar-refractivity contribution is -0.384. The molecule has 142 valence electrons.